The smallest absolute Gasteiger partial charge is 0.418 e. The van der Waals surface area contributed by atoms with Crippen molar-refractivity contribution in [2.45, 2.75) is 56.2 Å². The van der Waals surface area contributed by atoms with Crippen LogP contribution in [-0.2, 0) is 23.0 Å². The fraction of sp³-hybridized carbons (Fsp3) is 0.271. The molecule has 0 unspecified atom stereocenters. The van der Waals surface area contributed by atoms with Gasteiger partial charge in [0.1, 0.15) is 42.4 Å². The van der Waals surface area contributed by atoms with Crippen LogP contribution in [0.25, 0.3) is 17.1 Å². The van der Waals surface area contributed by atoms with Crippen LogP contribution in [0.3, 0.4) is 0 Å². The summed E-state index contributed by atoms with van der Waals surface area (Å²) in [5, 5.41) is 9.25. The number of aromatic nitrogens is 3. The molecule has 3 N–H and O–H groups in total. The molecule has 10 rings (SSSR count). The number of nitrogen functional groups attached to an aromatic ring is 1. The summed E-state index contributed by atoms with van der Waals surface area (Å²) in [6.07, 6.45) is -0.102. The lowest BCUT2D eigenvalue weighted by atomic mass is 9.77. The zero-order valence-corrected chi connectivity index (χ0v) is 35.0. The van der Waals surface area contributed by atoms with E-state index in [-0.39, 0.29) is 58.8 Å². The van der Waals surface area contributed by atoms with Crippen molar-refractivity contribution in [2.75, 3.05) is 32.1 Å². The highest BCUT2D eigenvalue weighted by atomic mass is 35.5. The number of hydrogen-bond acceptors (Lipinski definition) is 9. The Morgan fingerprint density at radius 1 is 0.952 bits per heavy atom. The first-order chi connectivity index (χ1) is 30.4. The van der Waals surface area contributed by atoms with Gasteiger partial charge in [0.15, 0.2) is 0 Å². The molecule has 0 saturated carbocycles. The van der Waals surface area contributed by atoms with Crippen LogP contribution in [0.5, 0.6) is 5.75 Å². The highest BCUT2D eigenvalue weighted by Gasteiger charge is 2.50. The van der Waals surface area contributed by atoms with Gasteiger partial charge in [0.2, 0.25) is 0 Å². The van der Waals surface area contributed by atoms with Crippen LogP contribution in [0.1, 0.15) is 52.8 Å². The third-order valence-corrected chi connectivity index (χ3v) is 13.0. The van der Waals surface area contributed by atoms with Crippen molar-refractivity contribution >= 4 is 23.2 Å². The molecule has 2 aromatic heterocycles. The average molecular weight is 875 g/mol. The minimum Gasteiger partial charge on any atom is -0.462 e. The molecule has 0 radical (unpaired) electrons. The molecule has 4 aromatic carbocycles. The lowest BCUT2D eigenvalue weighted by Gasteiger charge is -2.36. The second kappa shape index (κ2) is 15.8. The van der Waals surface area contributed by atoms with E-state index in [1.54, 1.807) is 6.20 Å². The zero-order chi connectivity index (χ0) is 43.5. The first-order valence-electron chi connectivity index (χ1n) is 20.8. The second-order valence-corrected chi connectivity index (χ2v) is 16.9. The quantitative estimate of drug-likeness (QED) is 0.106. The van der Waals surface area contributed by atoms with Crippen molar-refractivity contribution in [1.29, 1.82) is 0 Å². The normalized spacial score (nSPS) is 19.7. The van der Waals surface area contributed by atoms with Crippen LogP contribution in [0.15, 0.2) is 133 Å². The predicted octanol–water partition coefficient (Wildman–Crippen LogP) is 7.88. The Labute approximate surface area is 365 Å². The Morgan fingerprint density at radius 2 is 1.62 bits per heavy atom. The Morgan fingerprint density at radius 3 is 2.27 bits per heavy atom. The molecule has 6 aromatic rings. The van der Waals surface area contributed by atoms with Crippen molar-refractivity contribution < 1.29 is 27.0 Å². The fourth-order valence-electron chi connectivity index (χ4n) is 9.94. The van der Waals surface area contributed by atoms with Gasteiger partial charge in [0.05, 0.1) is 50.8 Å². The maximum atomic E-state index is 14.9. The lowest BCUT2D eigenvalue weighted by Crippen LogP contribution is -2.44. The summed E-state index contributed by atoms with van der Waals surface area (Å²) in [6, 6.07) is 35.2. The van der Waals surface area contributed by atoms with E-state index in [0.29, 0.717) is 29.7 Å². The summed E-state index contributed by atoms with van der Waals surface area (Å²) in [5.41, 5.74) is 6.78. The minimum absolute atomic E-state index is 0.0462. The molecule has 15 heteroatoms. The summed E-state index contributed by atoms with van der Waals surface area (Å²) in [6.45, 7) is 2.80. The number of nitrogens with two attached hydrogens (primary N) is 1. The van der Waals surface area contributed by atoms with E-state index in [9.17, 15) is 17.6 Å². The number of benzene rings is 4. The van der Waals surface area contributed by atoms with Crippen LogP contribution < -0.4 is 26.4 Å². The van der Waals surface area contributed by atoms with Crippen molar-refractivity contribution in [1.82, 2.24) is 29.9 Å². The standard InChI is InChI=1S/C48H43ClF4N8O2/c1-30-22-38(54)57-43(41(30)48(51,52)53)36-23-37-40-44(42(36)49)55-29-56-45(40)59(27-39(63-37)62-28-46-19-11-20-60(46)25-34(50)24-46)26-35-18-21-61(58-35)47(31-12-5-2-6-13-31,32-14-7-3-8-15-32)33-16-9-4-10-17-33/h2-10,12-18,21-23,27,34,56H,11,19-20,24-26,28-29H2,1H3,(H2,54,57)/t34-,46+/m1/s1. The number of halogens is 5. The van der Waals surface area contributed by atoms with E-state index in [1.807, 2.05) is 76.4 Å². The number of rotatable bonds is 10. The van der Waals surface area contributed by atoms with Gasteiger partial charge in [-0.3, -0.25) is 14.6 Å². The fourth-order valence-corrected chi connectivity index (χ4v) is 10.2. The first kappa shape index (κ1) is 40.7. The monoisotopic (exact) mass is 874 g/mol. The van der Waals surface area contributed by atoms with E-state index in [0.717, 1.165) is 36.1 Å². The number of nitrogens with zero attached hydrogens (tertiary/aromatic N) is 6. The number of fused-ring (bicyclic) bond motifs is 1. The van der Waals surface area contributed by atoms with Crippen molar-refractivity contribution in [3.63, 3.8) is 0 Å². The molecule has 0 aliphatic carbocycles. The van der Waals surface area contributed by atoms with Crippen LogP contribution >= 0.6 is 11.6 Å². The number of anilines is 1. The summed E-state index contributed by atoms with van der Waals surface area (Å²) >= 11 is 7.09. The van der Waals surface area contributed by atoms with E-state index in [2.05, 4.69) is 56.6 Å². The van der Waals surface area contributed by atoms with Crippen LogP contribution in [0, 0.1) is 6.92 Å². The van der Waals surface area contributed by atoms with E-state index in [4.69, 9.17) is 31.9 Å². The molecule has 4 aliphatic heterocycles. The van der Waals surface area contributed by atoms with Gasteiger partial charge in [-0.25, -0.2) is 9.37 Å². The van der Waals surface area contributed by atoms with Gasteiger partial charge in [-0.05, 0) is 66.8 Å². The topological polar surface area (TPSA) is 106 Å². The molecule has 6 heterocycles. The highest BCUT2D eigenvalue weighted by Crippen LogP contribution is 2.44. The van der Waals surface area contributed by atoms with E-state index < -0.39 is 34.7 Å². The van der Waals surface area contributed by atoms with Gasteiger partial charge >= 0.3 is 12.1 Å². The first-order valence-corrected chi connectivity index (χ1v) is 21.2. The van der Waals surface area contributed by atoms with E-state index >= 15 is 0 Å². The third kappa shape index (κ3) is 7.05. The molecule has 0 bridgehead atoms. The molecule has 2 fully saturated rings. The highest BCUT2D eigenvalue weighted by molar-refractivity contribution is 6.33. The Kier molecular flexibility index (Phi) is 10.2. The molecule has 2 saturated heterocycles. The van der Waals surface area contributed by atoms with Gasteiger partial charge in [-0.2, -0.15) is 18.3 Å². The van der Waals surface area contributed by atoms with Crippen LogP contribution in [0.4, 0.5) is 23.4 Å². The maximum Gasteiger partial charge on any atom is 0.418 e. The lowest BCUT2D eigenvalue weighted by molar-refractivity contribution is -0.137. The largest absolute Gasteiger partial charge is 0.462 e. The van der Waals surface area contributed by atoms with Crippen molar-refractivity contribution in [3.8, 4) is 17.0 Å². The number of nitrogens with one attached hydrogen (secondary N) is 1. The van der Waals surface area contributed by atoms with Gasteiger partial charge in [0, 0.05) is 24.7 Å². The van der Waals surface area contributed by atoms with Gasteiger partial charge in [0.25, 0.3) is 0 Å². The minimum atomic E-state index is -4.78. The summed E-state index contributed by atoms with van der Waals surface area (Å²) in [5.74, 6) is 0.610. The summed E-state index contributed by atoms with van der Waals surface area (Å²) < 4.78 is 74.2. The predicted molar refractivity (Wildman–Crippen MR) is 231 cm³/mol. The van der Waals surface area contributed by atoms with Crippen LogP contribution in [-0.4, -0.2) is 62.6 Å². The number of alkyl halides is 4. The Bertz CT molecular complexity index is 2760. The molecule has 63 heavy (non-hydrogen) atoms. The zero-order valence-electron chi connectivity index (χ0n) is 34.2. The number of pyridine rings is 1. The Hall–Kier alpha value is -6.38. The molecular weight excluding hydrogens is 832 g/mol. The summed E-state index contributed by atoms with van der Waals surface area (Å²) in [4.78, 5) is 12.9. The number of ether oxygens (including phenoxy) is 2. The maximum absolute atomic E-state index is 14.9. The molecule has 2 atom stereocenters. The molecule has 10 nitrogen and oxygen atoms in total. The Balaban J connectivity index is 1.12. The second-order valence-electron chi connectivity index (χ2n) is 16.5. The average Bonchev–Trinajstić information content (AvgIpc) is 3.95. The number of hydrogen-bond donors (Lipinski definition) is 2. The van der Waals surface area contributed by atoms with Crippen molar-refractivity contribution in [2.24, 2.45) is 4.99 Å². The van der Waals surface area contributed by atoms with Gasteiger partial charge < -0.3 is 25.4 Å². The molecule has 0 spiro atoms. The van der Waals surface area contributed by atoms with Gasteiger partial charge in [-0.1, -0.05) is 103 Å². The SMILES string of the molecule is Cc1cc(N)nc(-c2cc3c4c(c2Cl)=NCNC=4N(Cc2ccn(C(c4ccccc4)(c4ccccc4)c4ccccc4)n2)C=C(OC[C@@]24CCCN2C[C@H](F)C4)O3)c1C(F)(F)F. The summed E-state index contributed by atoms with van der Waals surface area (Å²) in [7, 11) is 0. The van der Waals surface area contributed by atoms with Gasteiger partial charge in [-0.15, -0.1) is 0 Å². The van der Waals surface area contributed by atoms with Crippen molar-refractivity contribution in [3.05, 3.63) is 177 Å². The third-order valence-electron chi connectivity index (χ3n) is 12.6. The number of aryl methyl sites for hydroxylation is 1. The molecule has 322 valence electrons. The molecule has 0 amide bonds. The molecule has 4 aliphatic rings. The van der Waals surface area contributed by atoms with Crippen LogP contribution in [0.2, 0.25) is 5.02 Å². The van der Waals surface area contributed by atoms with E-state index in [1.165, 1.54) is 19.1 Å². The molecular formula is C48H43ClF4N8O2.